The van der Waals surface area contributed by atoms with E-state index in [2.05, 4.69) is 37.6 Å². The number of nitrogens with one attached hydrogen (secondary N) is 2. The molecule has 3 aromatic heterocycles. The monoisotopic (exact) mass is 695 g/mol. The van der Waals surface area contributed by atoms with Crippen LogP contribution in [-0.2, 0) is 11.2 Å². The van der Waals surface area contributed by atoms with Gasteiger partial charge in [-0.05, 0) is 24.1 Å². The number of fused-ring (bicyclic) bond motifs is 1. The molecule has 1 saturated heterocycles. The second-order valence-corrected chi connectivity index (χ2v) is 12.7. The number of hydrogen-bond acceptors (Lipinski definition) is 7. The van der Waals surface area contributed by atoms with Gasteiger partial charge < -0.3 is 5.32 Å². The molecule has 10 nitrogen and oxygen atoms in total. The van der Waals surface area contributed by atoms with E-state index in [4.69, 9.17) is 10.7 Å². The van der Waals surface area contributed by atoms with Gasteiger partial charge in [0.25, 0.3) is 5.91 Å². The third-order valence-electron chi connectivity index (χ3n) is 7.23. The van der Waals surface area contributed by atoms with E-state index in [1.165, 1.54) is 12.1 Å². The van der Waals surface area contributed by atoms with Crippen LogP contribution >= 0.6 is 0 Å². The summed E-state index contributed by atoms with van der Waals surface area (Å²) < 4.78 is 21.1. The molecule has 0 unspecified atom stereocenters. The van der Waals surface area contributed by atoms with Crippen LogP contribution in [-0.4, -0.2) is 54.1 Å². The summed E-state index contributed by atoms with van der Waals surface area (Å²) in [5.74, 6) is 5.43. The number of aryl methyl sites for hydroxylation is 1. The Morgan fingerprint density at radius 3 is 2.84 bits per heavy atom. The van der Waals surface area contributed by atoms with Crippen LogP contribution < -0.4 is 36.1 Å². The second kappa shape index (κ2) is 13.9. The van der Waals surface area contributed by atoms with Gasteiger partial charge in [0, 0.05) is 6.20 Å². The predicted molar refractivity (Wildman–Crippen MR) is 159 cm³/mol. The number of nitrogens with two attached hydrogens (primary N) is 1. The molecule has 12 heteroatoms. The van der Waals surface area contributed by atoms with Crippen LogP contribution in [0.2, 0.25) is 0 Å². The summed E-state index contributed by atoms with van der Waals surface area (Å²) in [6.07, 6.45) is 9.26. The van der Waals surface area contributed by atoms with Gasteiger partial charge in [0.15, 0.2) is 0 Å². The molecule has 1 aromatic carbocycles. The number of pyridine rings is 1. The third-order valence-corrected chi connectivity index (χ3v) is 8.75. The van der Waals surface area contributed by atoms with Gasteiger partial charge in [0.05, 0.1) is 5.56 Å². The number of carbonyl (C=O) groups excluding carboxylic acids is 2. The zero-order chi connectivity index (χ0) is 30.3. The van der Waals surface area contributed by atoms with Gasteiger partial charge in [-0.3, -0.25) is 4.79 Å². The van der Waals surface area contributed by atoms with Crippen molar-refractivity contribution in [2.24, 2.45) is 0 Å². The van der Waals surface area contributed by atoms with Gasteiger partial charge in [-0.25, -0.2) is 9.37 Å². The number of piperidine rings is 1. The van der Waals surface area contributed by atoms with Crippen LogP contribution in [0.15, 0.2) is 48.9 Å². The van der Waals surface area contributed by atoms with E-state index in [0.717, 1.165) is 31.2 Å². The number of aromatic nitrogens is 4. The molecule has 0 radical (unpaired) electrons. The SMILES string of the molecule is CCCc1ccnc(NC(=O)c2ccc(-c3nc([C@@H]4CCCCN4C(=O)C#CC[I-]NC)n4ccnc(N)c34)cc2F)c1. The summed E-state index contributed by atoms with van der Waals surface area (Å²) in [6, 6.07) is 7.68. The molecule has 1 aliphatic rings. The number of carbonyl (C=O) groups is 2. The minimum atomic E-state index is -0.709. The predicted octanol–water partition coefficient (Wildman–Crippen LogP) is 0.998. The van der Waals surface area contributed by atoms with Crippen LogP contribution in [0.3, 0.4) is 0 Å². The molecule has 1 aliphatic heterocycles. The molecular formula is C31H33FIN8O2-. The molecule has 0 saturated carbocycles. The average molecular weight is 696 g/mol. The number of rotatable bonds is 8. The smallest absolute Gasteiger partial charge is 0.206 e. The van der Waals surface area contributed by atoms with Crippen molar-refractivity contribution >= 4 is 29.0 Å². The fraction of sp³-hybridized carbons (Fsp3) is 0.323. The standard InChI is InChI=1S/C31H33FIN8O2/c1-3-7-20-12-14-36-25(18-20)38-31(43)22-11-10-21(19-23(22)32)27-28-29(34)37-15-17-41(28)30(39-27)24-8-4-5-16-40(24)26(42)9-6-13-33-35-2/h10-12,14-15,17-19,24,35H,3-5,7-8,13,16H2,1-2H3,(H2,34,37)(H,36,38,43)/q-1/t24-/m0/s1. The summed E-state index contributed by atoms with van der Waals surface area (Å²) in [7, 11) is 1.89. The van der Waals surface area contributed by atoms with E-state index in [9.17, 15) is 9.59 Å². The van der Waals surface area contributed by atoms with E-state index >= 15 is 4.39 Å². The molecule has 0 bridgehead atoms. The number of amides is 2. The Balaban J connectivity index is 1.47. The number of benzene rings is 1. The van der Waals surface area contributed by atoms with Crippen LogP contribution in [0.4, 0.5) is 16.0 Å². The number of hydrogen-bond donors (Lipinski definition) is 3. The molecule has 4 aromatic rings. The van der Waals surface area contributed by atoms with Gasteiger partial charge in [-0.15, -0.1) is 0 Å². The number of anilines is 2. The minimum absolute atomic E-state index is 0.121. The van der Waals surface area contributed by atoms with Gasteiger partial charge in [-0.1, -0.05) is 13.3 Å². The summed E-state index contributed by atoms with van der Waals surface area (Å²) >= 11 is -0.246. The Kier molecular flexibility index (Phi) is 9.83. The van der Waals surface area contributed by atoms with Crippen LogP contribution in [0.5, 0.6) is 0 Å². The van der Waals surface area contributed by atoms with Crippen molar-refractivity contribution in [3.8, 4) is 23.1 Å². The molecular weight excluding hydrogens is 662 g/mol. The first-order valence-electron chi connectivity index (χ1n) is 14.1. The second-order valence-electron chi connectivity index (χ2n) is 10.1. The number of nitrogens with zero attached hydrogens (tertiary/aromatic N) is 5. The quantitative estimate of drug-likeness (QED) is 0.0825. The van der Waals surface area contributed by atoms with Crippen LogP contribution in [0, 0.1) is 17.7 Å². The van der Waals surface area contributed by atoms with Crippen LogP contribution in [0.25, 0.3) is 16.8 Å². The molecule has 1 atom stereocenters. The first kappa shape index (κ1) is 30.4. The molecule has 1 fully saturated rings. The van der Waals surface area contributed by atoms with E-state index in [-0.39, 0.29) is 44.8 Å². The number of likely N-dealkylation sites (tertiary alicyclic amines) is 1. The maximum absolute atomic E-state index is 15.5. The van der Waals surface area contributed by atoms with Crippen molar-refractivity contribution in [3.05, 3.63) is 71.7 Å². The van der Waals surface area contributed by atoms with Gasteiger partial charge in [0.2, 0.25) is 0 Å². The Labute approximate surface area is 260 Å². The fourth-order valence-corrected chi connectivity index (χ4v) is 6.03. The van der Waals surface area contributed by atoms with E-state index in [1.807, 2.05) is 17.5 Å². The van der Waals surface area contributed by atoms with Gasteiger partial charge in [-0.2, -0.15) is 0 Å². The first-order valence-corrected chi connectivity index (χ1v) is 16.7. The number of nitrogen functional groups attached to an aromatic ring is 1. The van der Waals surface area contributed by atoms with Crippen molar-refractivity contribution in [1.29, 1.82) is 0 Å². The Bertz CT molecular complexity index is 1710. The number of alkyl halides is 1. The van der Waals surface area contributed by atoms with E-state index < -0.39 is 11.7 Å². The van der Waals surface area contributed by atoms with Crippen molar-refractivity contribution in [1.82, 2.24) is 27.8 Å². The molecule has 4 heterocycles. The van der Waals surface area contributed by atoms with Crippen molar-refractivity contribution in [2.75, 3.05) is 29.1 Å². The fourth-order valence-electron chi connectivity index (χ4n) is 5.26. The Morgan fingerprint density at radius 1 is 1.19 bits per heavy atom. The molecule has 224 valence electrons. The van der Waals surface area contributed by atoms with E-state index in [1.54, 1.807) is 35.6 Å². The maximum atomic E-state index is 15.5. The normalized spacial score (nSPS) is 14.9. The molecule has 2 amide bonds. The van der Waals surface area contributed by atoms with E-state index in [0.29, 0.717) is 45.8 Å². The summed E-state index contributed by atoms with van der Waals surface area (Å²) in [4.78, 5) is 41.2. The Hall–Kier alpha value is -4.09. The zero-order valence-electron chi connectivity index (χ0n) is 24.0. The third kappa shape index (κ3) is 6.78. The van der Waals surface area contributed by atoms with Gasteiger partial charge in [0.1, 0.15) is 5.82 Å². The summed E-state index contributed by atoms with van der Waals surface area (Å²) in [6.45, 7) is 2.64. The van der Waals surface area contributed by atoms with Crippen molar-refractivity contribution < 1.29 is 35.5 Å². The molecule has 5 rings (SSSR count). The average Bonchev–Trinajstić information content (AvgIpc) is 3.40. The summed E-state index contributed by atoms with van der Waals surface area (Å²) in [5, 5.41) is 2.69. The molecule has 4 N–H and O–H groups in total. The van der Waals surface area contributed by atoms with Gasteiger partial charge >= 0.3 is 181 Å². The topological polar surface area (TPSA) is 131 Å². The molecule has 0 spiro atoms. The van der Waals surface area contributed by atoms with Crippen LogP contribution in [0.1, 0.15) is 60.4 Å². The zero-order valence-corrected chi connectivity index (χ0v) is 26.2. The summed E-state index contributed by atoms with van der Waals surface area (Å²) in [5.41, 5.74) is 8.60. The molecule has 0 aliphatic carbocycles. The Morgan fingerprint density at radius 2 is 2.05 bits per heavy atom. The minimum Gasteiger partial charge on any atom is -0.206 e. The van der Waals surface area contributed by atoms with Crippen molar-refractivity contribution in [3.63, 3.8) is 0 Å². The number of imidazole rings is 1. The first-order chi connectivity index (χ1) is 20.9. The number of halogens is 2. The molecule has 43 heavy (non-hydrogen) atoms. The van der Waals surface area contributed by atoms with Crippen molar-refractivity contribution in [2.45, 2.75) is 45.1 Å².